The van der Waals surface area contributed by atoms with Crippen molar-refractivity contribution < 1.29 is 9.13 Å². The molecule has 104 valence electrons. The molecule has 1 nitrogen and oxygen atoms in total. The van der Waals surface area contributed by atoms with E-state index < -0.39 is 0 Å². The maximum Gasteiger partial charge on any atom is 0.166 e. The van der Waals surface area contributed by atoms with Crippen molar-refractivity contribution in [1.82, 2.24) is 0 Å². The van der Waals surface area contributed by atoms with Crippen molar-refractivity contribution in [3.63, 3.8) is 0 Å². The Kier molecular flexibility index (Phi) is 4.06. The van der Waals surface area contributed by atoms with Crippen LogP contribution in [0.15, 0.2) is 36.4 Å². The normalized spacial score (nSPS) is 13.9. The van der Waals surface area contributed by atoms with Crippen LogP contribution >= 0.6 is 15.9 Å². The van der Waals surface area contributed by atoms with E-state index in [4.69, 9.17) is 4.74 Å². The third kappa shape index (κ3) is 2.88. The smallest absolute Gasteiger partial charge is 0.166 e. The van der Waals surface area contributed by atoms with Crippen molar-refractivity contribution in [2.45, 2.75) is 31.0 Å². The summed E-state index contributed by atoms with van der Waals surface area (Å²) in [5.74, 6) is 0.682. The van der Waals surface area contributed by atoms with E-state index in [0.29, 0.717) is 5.33 Å². The molecule has 0 bridgehead atoms. The summed E-state index contributed by atoms with van der Waals surface area (Å²) in [6, 6.07) is 11.1. The number of benzene rings is 2. The van der Waals surface area contributed by atoms with Gasteiger partial charge in [0.05, 0.1) is 0 Å². The minimum atomic E-state index is -0.320. The second-order valence-electron chi connectivity index (χ2n) is 5.14. The van der Waals surface area contributed by atoms with Gasteiger partial charge in [-0.1, -0.05) is 28.1 Å². The fourth-order valence-corrected chi connectivity index (χ4v) is 2.96. The molecule has 2 aromatic rings. The molecule has 0 radical (unpaired) electrons. The molecule has 3 heteroatoms. The number of hydrogen-bond donors (Lipinski definition) is 0. The average molecular weight is 335 g/mol. The van der Waals surface area contributed by atoms with Crippen LogP contribution in [0, 0.1) is 5.82 Å². The Morgan fingerprint density at radius 3 is 2.55 bits per heavy atom. The summed E-state index contributed by atoms with van der Waals surface area (Å²) in [5.41, 5.74) is 3.64. The van der Waals surface area contributed by atoms with Gasteiger partial charge in [0.25, 0.3) is 0 Å². The fourth-order valence-electron chi connectivity index (χ4n) is 2.61. The van der Waals surface area contributed by atoms with Gasteiger partial charge in [-0.2, -0.15) is 0 Å². The first-order chi connectivity index (χ1) is 9.76. The molecule has 0 saturated carbocycles. The van der Waals surface area contributed by atoms with Gasteiger partial charge < -0.3 is 4.74 Å². The van der Waals surface area contributed by atoms with Crippen LogP contribution in [0.5, 0.6) is 11.5 Å². The zero-order valence-corrected chi connectivity index (χ0v) is 12.7. The Morgan fingerprint density at radius 2 is 1.80 bits per heavy atom. The Hall–Kier alpha value is -1.35. The van der Waals surface area contributed by atoms with Crippen LogP contribution in [0.4, 0.5) is 4.39 Å². The Labute approximate surface area is 126 Å². The lowest BCUT2D eigenvalue weighted by atomic mass is 9.92. The molecule has 0 N–H and O–H groups in total. The molecular weight excluding hydrogens is 319 g/mol. The molecule has 0 atom stereocenters. The van der Waals surface area contributed by atoms with Crippen molar-refractivity contribution in [1.29, 1.82) is 0 Å². The van der Waals surface area contributed by atoms with E-state index in [-0.39, 0.29) is 11.6 Å². The second kappa shape index (κ2) is 5.96. The van der Waals surface area contributed by atoms with Crippen molar-refractivity contribution in [2.24, 2.45) is 0 Å². The zero-order valence-electron chi connectivity index (χ0n) is 11.2. The van der Waals surface area contributed by atoms with E-state index in [0.717, 1.165) is 24.2 Å². The summed E-state index contributed by atoms with van der Waals surface area (Å²) in [6.45, 7) is 0. The lowest BCUT2D eigenvalue weighted by Gasteiger charge is -2.17. The van der Waals surface area contributed by atoms with Crippen LogP contribution in [0.25, 0.3) is 0 Å². The summed E-state index contributed by atoms with van der Waals surface area (Å²) < 4.78 is 19.6. The van der Waals surface area contributed by atoms with Gasteiger partial charge in [0.1, 0.15) is 5.75 Å². The van der Waals surface area contributed by atoms with Gasteiger partial charge in [0, 0.05) is 5.33 Å². The first-order valence-electron chi connectivity index (χ1n) is 6.90. The summed E-state index contributed by atoms with van der Waals surface area (Å²) in [7, 11) is 0. The van der Waals surface area contributed by atoms with Gasteiger partial charge in [0.2, 0.25) is 0 Å². The molecule has 2 aromatic carbocycles. The van der Waals surface area contributed by atoms with Gasteiger partial charge in [-0.05, 0) is 66.6 Å². The quantitative estimate of drug-likeness (QED) is 0.683. The van der Waals surface area contributed by atoms with Gasteiger partial charge in [-0.15, -0.1) is 0 Å². The summed E-state index contributed by atoms with van der Waals surface area (Å²) in [4.78, 5) is 0. The largest absolute Gasteiger partial charge is 0.454 e. The minimum Gasteiger partial charge on any atom is -0.454 e. The standard InChI is InChI=1S/C17H16BrFO/c18-11-12-5-8-17(16(19)9-12)20-15-7-6-13-3-1-2-4-14(13)10-15/h5-10H,1-4,11H2. The van der Waals surface area contributed by atoms with Crippen molar-refractivity contribution >= 4 is 15.9 Å². The second-order valence-corrected chi connectivity index (χ2v) is 5.70. The lowest BCUT2D eigenvalue weighted by Crippen LogP contribution is -2.02. The van der Waals surface area contributed by atoms with E-state index in [1.165, 1.54) is 30.0 Å². The molecule has 3 rings (SSSR count). The first-order valence-corrected chi connectivity index (χ1v) is 8.02. The maximum atomic E-state index is 13.9. The number of fused-ring (bicyclic) bond motifs is 1. The molecule has 0 saturated heterocycles. The van der Waals surface area contributed by atoms with E-state index in [1.54, 1.807) is 6.07 Å². The number of halogens is 2. The maximum absolute atomic E-state index is 13.9. The molecular formula is C17H16BrFO. The predicted molar refractivity (Wildman–Crippen MR) is 82.2 cm³/mol. The van der Waals surface area contributed by atoms with Crippen LogP contribution in [-0.2, 0) is 18.2 Å². The van der Waals surface area contributed by atoms with Gasteiger partial charge >= 0.3 is 0 Å². The SMILES string of the molecule is Fc1cc(CBr)ccc1Oc1ccc2c(c1)CCCC2. The molecule has 0 fully saturated rings. The minimum absolute atomic E-state index is 0.283. The third-order valence-corrected chi connectivity index (χ3v) is 4.35. The number of hydrogen-bond acceptors (Lipinski definition) is 1. The first kappa shape index (κ1) is 13.6. The number of aryl methyl sites for hydroxylation is 2. The third-order valence-electron chi connectivity index (χ3n) is 3.70. The van der Waals surface area contributed by atoms with E-state index in [2.05, 4.69) is 22.0 Å². The Balaban J connectivity index is 1.84. The summed E-state index contributed by atoms with van der Waals surface area (Å²) in [5, 5.41) is 0.642. The van der Waals surface area contributed by atoms with E-state index in [9.17, 15) is 4.39 Å². The summed E-state index contributed by atoms with van der Waals surface area (Å²) in [6.07, 6.45) is 4.72. The molecule has 0 spiro atoms. The van der Waals surface area contributed by atoms with Crippen molar-refractivity contribution in [2.75, 3.05) is 0 Å². The number of ether oxygens (including phenoxy) is 1. The van der Waals surface area contributed by atoms with Crippen LogP contribution in [0.2, 0.25) is 0 Å². The fraction of sp³-hybridized carbons (Fsp3) is 0.294. The predicted octanol–water partition coefficient (Wildman–Crippen LogP) is 5.39. The van der Waals surface area contributed by atoms with Gasteiger partial charge in [-0.3, -0.25) is 0 Å². The molecule has 0 amide bonds. The highest BCUT2D eigenvalue weighted by Crippen LogP contribution is 2.30. The Morgan fingerprint density at radius 1 is 1.00 bits per heavy atom. The molecule has 0 aromatic heterocycles. The summed E-state index contributed by atoms with van der Waals surface area (Å²) >= 11 is 3.32. The molecule has 1 aliphatic carbocycles. The number of rotatable bonds is 3. The highest BCUT2D eigenvalue weighted by Gasteiger charge is 2.11. The van der Waals surface area contributed by atoms with E-state index in [1.807, 2.05) is 18.2 Å². The highest BCUT2D eigenvalue weighted by molar-refractivity contribution is 9.08. The van der Waals surface area contributed by atoms with Crippen LogP contribution in [-0.4, -0.2) is 0 Å². The molecule has 0 unspecified atom stereocenters. The monoisotopic (exact) mass is 334 g/mol. The molecule has 20 heavy (non-hydrogen) atoms. The van der Waals surface area contributed by atoms with Gasteiger partial charge in [0.15, 0.2) is 11.6 Å². The molecule has 0 heterocycles. The number of alkyl halides is 1. The lowest BCUT2D eigenvalue weighted by molar-refractivity contribution is 0.440. The molecule has 1 aliphatic rings. The Bertz CT molecular complexity index is 624. The average Bonchev–Trinajstić information content (AvgIpc) is 2.49. The van der Waals surface area contributed by atoms with Crippen molar-refractivity contribution in [3.05, 3.63) is 58.9 Å². The van der Waals surface area contributed by atoms with Crippen molar-refractivity contribution in [3.8, 4) is 11.5 Å². The van der Waals surface area contributed by atoms with Crippen LogP contribution in [0.1, 0.15) is 29.5 Å². The highest BCUT2D eigenvalue weighted by atomic mass is 79.9. The zero-order chi connectivity index (χ0) is 13.9. The van der Waals surface area contributed by atoms with E-state index >= 15 is 0 Å². The van der Waals surface area contributed by atoms with Crippen LogP contribution in [0.3, 0.4) is 0 Å². The van der Waals surface area contributed by atoms with Crippen LogP contribution < -0.4 is 4.74 Å². The topological polar surface area (TPSA) is 9.23 Å². The van der Waals surface area contributed by atoms with Gasteiger partial charge in [-0.25, -0.2) is 4.39 Å². The molecule has 0 aliphatic heterocycles.